The van der Waals surface area contributed by atoms with Gasteiger partial charge in [-0.2, -0.15) is 0 Å². The van der Waals surface area contributed by atoms with E-state index in [1.54, 1.807) is 24.3 Å². The minimum absolute atomic E-state index is 0.119. The second-order valence-corrected chi connectivity index (χ2v) is 3.13. The molecule has 0 unspecified atom stereocenters. The molecule has 0 amide bonds. The van der Waals surface area contributed by atoms with E-state index in [-0.39, 0.29) is 11.6 Å². The summed E-state index contributed by atoms with van der Waals surface area (Å²) in [6, 6.07) is 15.1. The highest BCUT2D eigenvalue weighted by atomic mass is 19.1. The summed E-state index contributed by atoms with van der Waals surface area (Å²) in [6.07, 6.45) is 0. The normalized spacial score (nSPS) is 9.93. The number of halogens is 1. The van der Waals surface area contributed by atoms with Gasteiger partial charge < -0.3 is 0 Å². The number of hydrogen-bond donors (Lipinski definition) is 0. The summed E-state index contributed by atoms with van der Waals surface area (Å²) in [4.78, 5) is 11.8. The van der Waals surface area contributed by atoms with Gasteiger partial charge in [0, 0.05) is 11.1 Å². The van der Waals surface area contributed by atoms with Gasteiger partial charge in [-0.25, -0.2) is 4.39 Å². The standard InChI is InChI=1S/C13H8FO/c14-12-8-6-11(7-9-12)13(15)10-4-2-1-3-5-10/h1-2,4-9H. The highest BCUT2D eigenvalue weighted by molar-refractivity contribution is 6.08. The molecule has 2 rings (SSSR count). The Morgan fingerprint density at radius 3 is 2.40 bits per heavy atom. The maximum absolute atomic E-state index is 12.6. The molecule has 0 N–H and O–H groups in total. The Morgan fingerprint density at radius 1 is 1.07 bits per heavy atom. The second-order valence-electron chi connectivity index (χ2n) is 3.13. The molecule has 0 spiro atoms. The Hall–Kier alpha value is -1.96. The quantitative estimate of drug-likeness (QED) is 0.680. The number of ketones is 1. The molecule has 0 aromatic heterocycles. The van der Waals surface area contributed by atoms with Crippen LogP contribution < -0.4 is 0 Å². The van der Waals surface area contributed by atoms with Crippen LogP contribution >= 0.6 is 0 Å². The zero-order chi connectivity index (χ0) is 10.7. The second kappa shape index (κ2) is 4.05. The molecule has 2 heteroatoms. The fourth-order valence-corrected chi connectivity index (χ4v) is 1.30. The van der Waals surface area contributed by atoms with E-state index in [0.717, 1.165) is 0 Å². The van der Waals surface area contributed by atoms with Crippen molar-refractivity contribution >= 4 is 5.78 Å². The van der Waals surface area contributed by atoms with E-state index < -0.39 is 0 Å². The average molecular weight is 199 g/mol. The molecule has 0 heterocycles. The van der Waals surface area contributed by atoms with E-state index in [0.29, 0.717) is 11.1 Å². The van der Waals surface area contributed by atoms with Crippen molar-refractivity contribution in [3.8, 4) is 0 Å². The van der Waals surface area contributed by atoms with Crippen LogP contribution in [0.15, 0.2) is 48.5 Å². The van der Waals surface area contributed by atoms with Crippen LogP contribution in [0.4, 0.5) is 4.39 Å². The lowest BCUT2D eigenvalue weighted by molar-refractivity contribution is 0.103. The summed E-state index contributed by atoms with van der Waals surface area (Å²) in [7, 11) is 0. The monoisotopic (exact) mass is 199 g/mol. The number of rotatable bonds is 2. The molecule has 2 aromatic carbocycles. The predicted molar refractivity (Wildman–Crippen MR) is 55.1 cm³/mol. The van der Waals surface area contributed by atoms with E-state index in [9.17, 15) is 9.18 Å². The summed E-state index contributed by atoms with van der Waals surface area (Å²) in [5.74, 6) is -0.460. The van der Waals surface area contributed by atoms with Crippen molar-refractivity contribution < 1.29 is 9.18 Å². The van der Waals surface area contributed by atoms with Gasteiger partial charge in [0.2, 0.25) is 0 Å². The predicted octanol–water partition coefficient (Wildman–Crippen LogP) is 2.86. The molecule has 0 aliphatic heterocycles. The van der Waals surface area contributed by atoms with Crippen molar-refractivity contribution in [2.45, 2.75) is 0 Å². The molecule has 73 valence electrons. The van der Waals surface area contributed by atoms with Gasteiger partial charge in [-0.1, -0.05) is 18.2 Å². The van der Waals surface area contributed by atoms with E-state index in [1.165, 1.54) is 24.3 Å². The van der Waals surface area contributed by atoms with Gasteiger partial charge in [0.15, 0.2) is 5.78 Å². The fourth-order valence-electron chi connectivity index (χ4n) is 1.30. The zero-order valence-electron chi connectivity index (χ0n) is 7.91. The average Bonchev–Trinajstić information content (AvgIpc) is 2.30. The first kappa shape index (κ1) is 9.59. The SMILES string of the molecule is O=C(c1c[c]ccc1)c1ccc(F)cc1. The lowest BCUT2D eigenvalue weighted by Gasteiger charge is -1.99. The molecule has 0 saturated carbocycles. The fraction of sp³-hybridized carbons (Fsp3) is 0. The van der Waals surface area contributed by atoms with Gasteiger partial charge in [-0.05, 0) is 36.4 Å². The highest BCUT2D eigenvalue weighted by Crippen LogP contribution is 2.09. The molecule has 15 heavy (non-hydrogen) atoms. The Balaban J connectivity index is 2.33. The van der Waals surface area contributed by atoms with Crippen LogP contribution in [-0.2, 0) is 0 Å². The lowest BCUT2D eigenvalue weighted by Crippen LogP contribution is -2.00. The van der Waals surface area contributed by atoms with Gasteiger partial charge >= 0.3 is 0 Å². The number of carbonyl (C=O) groups is 1. The van der Waals surface area contributed by atoms with Crippen molar-refractivity contribution in [3.05, 3.63) is 71.5 Å². The van der Waals surface area contributed by atoms with Crippen LogP contribution in [0.1, 0.15) is 15.9 Å². The third-order valence-corrected chi connectivity index (χ3v) is 2.08. The first-order valence-electron chi connectivity index (χ1n) is 4.54. The Labute approximate surface area is 87.2 Å². The molecule has 0 aliphatic carbocycles. The zero-order valence-corrected chi connectivity index (χ0v) is 7.91. The minimum Gasteiger partial charge on any atom is -0.289 e. The van der Waals surface area contributed by atoms with Crippen molar-refractivity contribution in [3.63, 3.8) is 0 Å². The molecule has 0 saturated heterocycles. The summed E-state index contributed by atoms with van der Waals surface area (Å²) >= 11 is 0. The van der Waals surface area contributed by atoms with E-state index in [4.69, 9.17) is 0 Å². The molecule has 0 fully saturated rings. The third-order valence-electron chi connectivity index (χ3n) is 2.08. The molecule has 0 aliphatic rings. The van der Waals surface area contributed by atoms with Crippen molar-refractivity contribution in [1.29, 1.82) is 0 Å². The summed E-state index contributed by atoms with van der Waals surface area (Å²) in [6.45, 7) is 0. The molecular formula is C13H8FO. The van der Waals surface area contributed by atoms with Crippen LogP contribution in [0.2, 0.25) is 0 Å². The van der Waals surface area contributed by atoms with Crippen molar-refractivity contribution in [2.75, 3.05) is 0 Å². The highest BCUT2D eigenvalue weighted by Gasteiger charge is 2.07. The van der Waals surface area contributed by atoms with Crippen molar-refractivity contribution in [2.24, 2.45) is 0 Å². The number of hydrogen-bond acceptors (Lipinski definition) is 1. The van der Waals surface area contributed by atoms with E-state index >= 15 is 0 Å². The van der Waals surface area contributed by atoms with E-state index in [2.05, 4.69) is 6.07 Å². The largest absolute Gasteiger partial charge is 0.289 e. The Morgan fingerprint density at radius 2 is 1.80 bits per heavy atom. The van der Waals surface area contributed by atoms with Crippen LogP contribution in [0.5, 0.6) is 0 Å². The smallest absolute Gasteiger partial charge is 0.193 e. The van der Waals surface area contributed by atoms with Gasteiger partial charge in [-0.15, -0.1) is 0 Å². The maximum atomic E-state index is 12.6. The van der Waals surface area contributed by atoms with Crippen LogP contribution in [0.3, 0.4) is 0 Å². The number of carbonyl (C=O) groups excluding carboxylic acids is 1. The van der Waals surface area contributed by atoms with Gasteiger partial charge in [0.1, 0.15) is 5.82 Å². The molecular weight excluding hydrogens is 191 g/mol. The molecule has 1 radical (unpaired) electrons. The first-order valence-corrected chi connectivity index (χ1v) is 4.54. The summed E-state index contributed by atoms with van der Waals surface area (Å²) < 4.78 is 12.6. The van der Waals surface area contributed by atoms with Gasteiger partial charge in [0.25, 0.3) is 0 Å². The Bertz CT molecular complexity index is 460. The van der Waals surface area contributed by atoms with Crippen LogP contribution in [-0.4, -0.2) is 5.78 Å². The van der Waals surface area contributed by atoms with E-state index in [1.807, 2.05) is 0 Å². The van der Waals surface area contributed by atoms with Gasteiger partial charge in [-0.3, -0.25) is 4.79 Å². The minimum atomic E-state index is -0.342. The molecule has 0 atom stereocenters. The lowest BCUT2D eigenvalue weighted by atomic mass is 10.0. The Kier molecular flexibility index (Phi) is 2.59. The van der Waals surface area contributed by atoms with Gasteiger partial charge in [0.05, 0.1) is 0 Å². The van der Waals surface area contributed by atoms with Crippen LogP contribution in [0.25, 0.3) is 0 Å². The van der Waals surface area contributed by atoms with Crippen molar-refractivity contribution in [1.82, 2.24) is 0 Å². The number of benzene rings is 2. The van der Waals surface area contributed by atoms with Crippen LogP contribution in [0, 0.1) is 11.9 Å². The molecule has 0 bridgehead atoms. The topological polar surface area (TPSA) is 17.1 Å². The third kappa shape index (κ3) is 2.10. The first-order chi connectivity index (χ1) is 7.27. The summed E-state index contributed by atoms with van der Waals surface area (Å²) in [5.41, 5.74) is 1.04. The molecule has 2 aromatic rings. The molecule has 1 nitrogen and oxygen atoms in total. The summed E-state index contributed by atoms with van der Waals surface area (Å²) in [5, 5.41) is 0. The maximum Gasteiger partial charge on any atom is 0.193 e.